The minimum Gasteiger partial charge on any atom is -0.376 e. The zero-order valence-corrected chi connectivity index (χ0v) is 17.0. The SMILES string of the molecule is O=C(CNc1ccc(C(=O)N2CCCCCC2)cc1)Nc1cc(Cl)cc(Cl)c1. The first-order valence-corrected chi connectivity index (χ1v) is 10.2. The predicted octanol–water partition coefficient (Wildman–Crippen LogP) is 5.06. The number of hydrogen-bond donors (Lipinski definition) is 2. The van der Waals surface area contributed by atoms with Crippen LogP contribution < -0.4 is 10.6 Å². The molecule has 1 saturated heterocycles. The molecule has 148 valence electrons. The predicted molar refractivity (Wildman–Crippen MR) is 114 cm³/mol. The molecule has 0 radical (unpaired) electrons. The van der Waals surface area contributed by atoms with Gasteiger partial charge in [0.25, 0.3) is 5.91 Å². The highest BCUT2D eigenvalue weighted by atomic mass is 35.5. The molecule has 28 heavy (non-hydrogen) atoms. The Morgan fingerprint density at radius 1 is 0.857 bits per heavy atom. The highest BCUT2D eigenvalue weighted by Gasteiger charge is 2.17. The van der Waals surface area contributed by atoms with Crippen LogP contribution in [0, 0.1) is 0 Å². The van der Waals surface area contributed by atoms with Gasteiger partial charge in [-0.25, -0.2) is 0 Å². The van der Waals surface area contributed by atoms with Gasteiger partial charge in [0.1, 0.15) is 0 Å². The Bertz CT molecular complexity index is 812. The van der Waals surface area contributed by atoms with Crippen LogP contribution in [-0.4, -0.2) is 36.3 Å². The van der Waals surface area contributed by atoms with Crippen LogP contribution in [0.5, 0.6) is 0 Å². The van der Waals surface area contributed by atoms with E-state index in [2.05, 4.69) is 10.6 Å². The third-order valence-electron chi connectivity index (χ3n) is 4.62. The summed E-state index contributed by atoms with van der Waals surface area (Å²) in [7, 11) is 0. The Balaban J connectivity index is 1.52. The van der Waals surface area contributed by atoms with Gasteiger partial charge in [-0.1, -0.05) is 36.0 Å². The number of nitrogens with one attached hydrogen (secondary N) is 2. The minimum absolute atomic E-state index is 0.0732. The van der Waals surface area contributed by atoms with Crippen molar-refractivity contribution < 1.29 is 9.59 Å². The Morgan fingerprint density at radius 2 is 1.46 bits per heavy atom. The molecule has 2 aromatic carbocycles. The maximum atomic E-state index is 12.6. The largest absolute Gasteiger partial charge is 0.376 e. The lowest BCUT2D eigenvalue weighted by Gasteiger charge is -2.20. The average molecular weight is 420 g/mol. The van der Waals surface area contributed by atoms with E-state index in [1.54, 1.807) is 30.3 Å². The highest BCUT2D eigenvalue weighted by molar-refractivity contribution is 6.35. The van der Waals surface area contributed by atoms with Crippen LogP contribution in [0.3, 0.4) is 0 Å². The van der Waals surface area contributed by atoms with E-state index in [4.69, 9.17) is 23.2 Å². The van der Waals surface area contributed by atoms with E-state index in [-0.39, 0.29) is 18.4 Å². The van der Waals surface area contributed by atoms with Crippen molar-refractivity contribution in [2.24, 2.45) is 0 Å². The lowest BCUT2D eigenvalue weighted by Crippen LogP contribution is -2.31. The molecule has 0 atom stereocenters. The molecule has 1 heterocycles. The van der Waals surface area contributed by atoms with E-state index in [1.807, 2.05) is 17.0 Å². The Labute approximate surface area is 175 Å². The first kappa shape index (κ1) is 20.5. The first-order valence-electron chi connectivity index (χ1n) is 9.40. The third-order valence-corrected chi connectivity index (χ3v) is 5.06. The van der Waals surface area contributed by atoms with Crippen LogP contribution in [0.2, 0.25) is 10.0 Å². The van der Waals surface area contributed by atoms with Crippen LogP contribution in [-0.2, 0) is 4.79 Å². The summed E-state index contributed by atoms with van der Waals surface area (Å²) in [6, 6.07) is 12.1. The van der Waals surface area contributed by atoms with Crippen molar-refractivity contribution in [2.75, 3.05) is 30.3 Å². The number of likely N-dealkylation sites (tertiary alicyclic amines) is 1. The Hall–Kier alpha value is -2.24. The monoisotopic (exact) mass is 419 g/mol. The maximum Gasteiger partial charge on any atom is 0.253 e. The minimum atomic E-state index is -0.219. The molecule has 2 amide bonds. The fraction of sp³-hybridized carbons (Fsp3) is 0.333. The molecule has 0 unspecified atom stereocenters. The van der Waals surface area contributed by atoms with Crippen molar-refractivity contribution in [3.63, 3.8) is 0 Å². The fourth-order valence-electron chi connectivity index (χ4n) is 3.20. The van der Waals surface area contributed by atoms with E-state index in [0.717, 1.165) is 31.6 Å². The molecule has 2 aromatic rings. The molecule has 7 heteroatoms. The van der Waals surface area contributed by atoms with Gasteiger partial charge in [0.15, 0.2) is 0 Å². The summed E-state index contributed by atoms with van der Waals surface area (Å²) in [5.41, 5.74) is 1.99. The van der Waals surface area contributed by atoms with Crippen LogP contribution >= 0.6 is 23.2 Å². The molecule has 3 rings (SSSR count). The van der Waals surface area contributed by atoms with Gasteiger partial charge >= 0.3 is 0 Å². The first-order chi connectivity index (χ1) is 13.5. The summed E-state index contributed by atoms with van der Waals surface area (Å²) in [5, 5.41) is 6.71. The quantitative estimate of drug-likeness (QED) is 0.711. The number of rotatable bonds is 5. The molecular formula is C21H23Cl2N3O2. The molecule has 0 aromatic heterocycles. The zero-order chi connectivity index (χ0) is 19.9. The van der Waals surface area contributed by atoms with E-state index in [0.29, 0.717) is 21.3 Å². The molecule has 1 aliphatic heterocycles. The van der Waals surface area contributed by atoms with E-state index in [9.17, 15) is 9.59 Å². The Morgan fingerprint density at radius 3 is 2.07 bits per heavy atom. The van der Waals surface area contributed by atoms with Crippen LogP contribution in [0.4, 0.5) is 11.4 Å². The standard InChI is InChI=1S/C21H23Cl2N3O2/c22-16-11-17(23)13-19(12-16)25-20(27)14-24-18-7-5-15(6-8-18)21(28)26-9-3-1-2-4-10-26/h5-8,11-13,24H,1-4,9-10,14H2,(H,25,27). The lowest BCUT2D eigenvalue weighted by atomic mass is 10.1. The summed E-state index contributed by atoms with van der Waals surface area (Å²) in [4.78, 5) is 26.6. The molecule has 1 fully saturated rings. The lowest BCUT2D eigenvalue weighted by molar-refractivity contribution is -0.114. The third kappa shape index (κ3) is 5.88. The summed E-state index contributed by atoms with van der Waals surface area (Å²) in [6.45, 7) is 1.74. The van der Waals surface area contributed by atoms with Crippen LogP contribution in [0.15, 0.2) is 42.5 Å². The van der Waals surface area contributed by atoms with Crippen molar-refractivity contribution in [3.8, 4) is 0 Å². The van der Waals surface area contributed by atoms with Gasteiger partial charge in [0, 0.05) is 40.1 Å². The smallest absolute Gasteiger partial charge is 0.253 e. The maximum absolute atomic E-state index is 12.6. The summed E-state index contributed by atoms with van der Waals surface area (Å²) in [5.74, 6) is -0.146. The molecule has 5 nitrogen and oxygen atoms in total. The average Bonchev–Trinajstić information content (AvgIpc) is 2.95. The summed E-state index contributed by atoms with van der Waals surface area (Å²) in [6.07, 6.45) is 4.52. The molecular weight excluding hydrogens is 397 g/mol. The summed E-state index contributed by atoms with van der Waals surface area (Å²) < 4.78 is 0. The number of amides is 2. The molecule has 0 spiro atoms. The summed E-state index contributed by atoms with van der Waals surface area (Å²) >= 11 is 11.9. The molecule has 0 saturated carbocycles. The van der Waals surface area contributed by atoms with E-state index in [1.165, 1.54) is 12.8 Å². The van der Waals surface area contributed by atoms with Crippen molar-refractivity contribution in [2.45, 2.75) is 25.7 Å². The van der Waals surface area contributed by atoms with E-state index >= 15 is 0 Å². The van der Waals surface area contributed by atoms with Crippen molar-refractivity contribution in [3.05, 3.63) is 58.1 Å². The topological polar surface area (TPSA) is 61.4 Å². The molecule has 2 N–H and O–H groups in total. The van der Waals surface area contributed by atoms with Gasteiger partial charge in [0.05, 0.1) is 6.54 Å². The van der Waals surface area contributed by atoms with Gasteiger partial charge in [0.2, 0.25) is 5.91 Å². The Kier molecular flexibility index (Phi) is 7.18. The number of benzene rings is 2. The number of carbonyl (C=O) groups excluding carboxylic acids is 2. The number of hydrogen-bond acceptors (Lipinski definition) is 3. The van der Waals surface area contributed by atoms with Gasteiger partial charge in [-0.15, -0.1) is 0 Å². The number of nitrogens with zero attached hydrogens (tertiary/aromatic N) is 1. The highest BCUT2D eigenvalue weighted by Crippen LogP contribution is 2.22. The van der Waals surface area contributed by atoms with Gasteiger partial charge in [-0.3, -0.25) is 9.59 Å². The zero-order valence-electron chi connectivity index (χ0n) is 15.5. The number of halogens is 2. The van der Waals surface area contributed by atoms with E-state index < -0.39 is 0 Å². The van der Waals surface area contributed by atoms with Crippen molar-refractivity contribution in [1.82, 2.24) is 4.90 Å². The van der Waals surface area contributed by atoms with Gasteiger partial charge in [-0.05, 0) is 55.3 Å². The molecule has 0 bridgehead atoms. The molecule has 1 aliphatic rings. The van der Waals surface area contributed by atoms with Crippen LogP contribution in [0.25, 0.3) is 0 Å². The van der Waals surface area contributed by atoms with Gasteiger partial charge in [-0.2, -0.15) is 0 Å². The fourth-order valence-corrected chi connectivity index (χ4v) is 3.73. The van der Waals surface area contributed by atoms with Crippen LogP contribution in [0.1, 0.15) is 36.0 Å². The normalized spacial score (nSPS) is 14.3. The second-order valence-corrected chi connectivity index (χ2v) is 7.72. The van der Waals surface area contributed by atoms with Crippen molar-refractivity contribution in [1.29, 1.82) is 0 Å². The van der Waals surface area contributed by atoms with Crippen molar-refractivity contribution >= 4 is 46.4 Å². The number of carbonyl (C=O) groups is 2. The molecule has 0 aliphatic carbocycles. The second kappa shape index (κ2) is 9.80. The van der Waals surface area contributed by atoms with Gasteiger partial charge < -0.3 is 15.5 Å². The number of anilines is 2. The second-order valence-electron chi connectivity index (χ2n) is 6.84.